The molecule has 1 aliphatic rings. The van der Waals surface area contributed by atoms with Crippen molar-refractivity contribution in [2.45, 2.75) is 45.3 Å². The number of anilines is 1. The summed E-state index contributed by atoms with van der Waals surface area (Å²) in [5.74, 6) is -0.0424. The Morgan fingerprint density at radius 1 is 1.24 bits per heavy atom. The van der Waals surface area contributed by atoms with Crippen molar-refractivity contribution in [2.75, 3.05) is 12.2 Å². The van der Waals surface area contributed by atoms with Crippen LogP contribution in [0.3, 0.4) is 0 Å². The van der Waals surface area contributed by atoms with Gasteiger partial charge in [-0.2, -0.15) is 5.06 Å². The molecule has 154 valence electrons. The Balaban J connectivity index is 1.87. The number of carbonyl (C=O) groups is 2. The van der Waals surface area contributed by atoms with Gasteiger partial charge in [-0.1, -0.05) is 30.3 Å². The van der Waals surface area contributed by atoms with E-state index >= 15 is 0 Å². The number of ether oxygens (including phenoxy) is 2. The summed E-state index contributed by atoms with van der Waals surface area (Å²) in [6.45, 7) is 5.22. The van der Waals surface area contributed by atoms with Crippen LogP contribution in [0.5, 0.6) is 5.75 Å². The number of alkyl carbamates (subject to hydrolysis) is 1. The number of nitrogens with one attached hydrogen (secondary N) is 1. The van der Waals surface area contributed by atoms with Gasteiger partial charge in [-0.15, -0.1) is 0 Å². The van der Waals surface area contributed by atoms with E-state index in [0.717, 1.165) is 16.7 Å². The monoisotopic (exact) mass is 398 g/mol. The molecule has 1 aliphatic heterocycles. The summed E-state index contributed by atoms with van der Waals surface area (Å²) in [4.78, 5) is 24.6. The van der Waals surface area contributed by atoms with Gasteiger partial charge < -0.3 is 14.8 Å². The molecular weight excluding hydrogens is 372 g/mol. The zero-order chi connectivity index (χ0) is 21.2. The first-order chi connectivity index (χ1) is 13.7. The molecule has 2 aromatic rings. The van der Waals surface area contributed by atoms with Gasteiger partial charge in [0.1, 0.15) is 17.4 Å². The largest absolute Gasteiger partial charge is 0.496 e. The average Bonchev–Trinajstić information content (AvgIpc) is 2.65. The van der Waals surface area contributed by atoms with E-state index in [1.165, 1.54) is 0 Å². The van der Waals surface area contributed by atoms with E-state index in [1.54, 1.807) is 33.9 Å². The maximum atomic E-state index is 12.5. The number of methoxy groups -OCH3 is 1. The molecule has 3 rings (SSSR count). The Labute approximate surface area is 170 Å². The predicted molar refractivity (Wildman–Crippen MR) is 108 cm³/mol. The lowest BCUT2D eigenvalue weighted by Crippen LogP contribution is -2.52. The second-order valence-corrected chi connectivity index (χ2v) is 8.01. The molecule has 0 saturated heterocycles. The lowest BCUT2D eigenvalue weighted by atomic mass is 9.94. The van der Waals surface area contributed by atoms with E-state index in [2.05, 4.69) is 5.32 Å². The molecule has 2 aromatic carbocycles. The molecule has 29 heavy (non-hydrogen) atoms. The Morgan fingerprint density at radius 3 is 2.55 bits per heavy atom. The van der Waals surface area contributed by atoms with Crippen molar-refractivity contribution in [2.24, 2.45) is 0 Å². The molecule has 7 nitrogen and oxygen atoms in total. The number of carbonyl (C=O) groups excluding carboxylic acids is 2. The Morgan fingerprint density at radius 2 is 1.93 bits per heavy atom. The molecule has 0 unspecified atom stereocenters. The summed E-state index contributed by atoms with van der Waals surface area (Å²) in [5.41, 5.74) is 2.44. The fourth-order valence-electron chi connectivity index (χ4n) is 3.31. The third-order valence-corrected chi connectivity index (χ3v) is 4.57. The number of nitrogens with zero attached hydrogens (tertiary/aromatic N) is 1. The average molecular weight is 398 g/mol. The third kappa shape index (κ3) is 4.86. The van der Waals surface area contributed by atoms with Crippen LogP contribution in [0.15, 0.2) is 42.5 Å². The van der Waals surface area contributed by atoms with Crippen LogP contribution in [-0.4, -0.2) is 36.0 Å². The fourth-order valence-corrected chi connectivity index (χ4v) is 3.31. The molecule has 0 radical (unpaired) electrons. The maximum Gasteiger partial charge on any atom is 0.408 e. The van der Waals surface area contributed by atoms with E-state index < -0.39 is 23.6 Å². The molecule has 0 aliphatic carbocycles. The van der Waals surface area contributed by atoms with Crippen LogP contribution in [0.25, 0.3) is 0 Å². The molecule has 1 heterocycles. The van der Waals surface area contributed by atoms with Crippen molar-refractivity contribution in [1.82, 2.24) is 5.32 Å². The number of amides is 2. The van der Waals surface area contributed by atoms with Gasteiger partial charge in [0.25, 0.3) is 5.91 Å². The van der Waals surface area contributed by atoms with Crippen molar-refractivity contribution < 1.29 is 24.3 Å². The van der Waals surface area contributed by atoms with Crippen molar-refractivity contribution in [3.63, 3.8) is 0 Å². The molecular formula is C22H26N2O5. The number of benzene rings is 2. The SMILES string of the molecule is COc1cc2c(cc1Cc1ccccc1)C[C@H](NC(=O)OC(C)(C)C)C(=O)N2O. The van der Waals surface area contributed by atoms with E-state index in [4.69, 9.17) is 9.47 Å². The first kappa shape index (κ1) is 20.7. The van der Waals surface area contributed by atoms with Gasteiger partial charge in [0.2, 0.25) is 0 Å². The molecule has 0 fully saturated rings. The van der Waals surface area contributed by atoms with Crippen LogP contribution in [0.4, 0.5) is 10.5 Å². The summed E-state index contributed by atoms with van der Waals surface area (Å²) < 4.78 is 10.7. The summed E-state index contributed by atoms with van der Waals surface area (Å²) in [7, 11) is 1.55. The lowest BCUT2D eigenvalue weighted by molar-refractivity contribution is -0.126. The second kappa shape index (κ2) is 8.13. The van der Waals surface area contributed by atoms with Crippen LogP contribution in [0, 0.1) is 0 Å². The van der Waals surface area contributed by atoms with Crippen molar-refractivity contribution in [3.8, 4) is 5.75 Å². The topological polar surface area (TPSA) is 88.1 Å². The van der Waals surface area contributed by atoms with Crippen LogP contribution in [0.2, 0.25) is 0 Å². The van der Waals surface area contributed by atoms with Crippen molar-refractivity contribution in [3.05, 3.63) is 59.2 Å². The quantitative estimate of drug-likeness (QED) is 0.770. The Kier molecular flexibility index (Phi) is 5.79. The highest BCUT2D eigenvalue weighted by molar-refractivity contribution is 6.00. The summed E-state index contributed by atoms with van der Waals surface area (Å²) in [6.07, 6.45) is 0.183. The minimum absolute atomic E-state index is 0.246. The van der Waals surface area contributed by atoms with E-state index in [0.29, 0.717) is 22.9 Å². The summed E-state index contributed by atoms with van der Waals surface area (Å²) in [6, 6.07) is 12.6. The van der Waals surface area contributed by atoms with Gasteiger partial charge in [0.15, 0.2) is 0 Å². The zero-order valence-electron chi connectivity index (χ0n) is 17.1. The molecule has 0 aromatic heterocycles. The van der Waals surface area contributed by atoms with Crippen molar-refractivity contribution >= 4 is 17.7 Å². The minimum Gasteiger partial charge on any atom is -0.496 e. The number of hydrogen-bond donors (Lipinski definition) is 2. The van der Waals surface area contributed by atoms with Gasteiger partial charge in [0, 0.05) is 18.9 Å². The smallest absolute Gasteiger partial charge is 0.408 e. The van der Waals surface area contributed by atoms with Gasteiger partial charge in [0.05, 0.1) is 12.8 Å². The normalized spacial score (nSPS) is 16.2. The number of hydroxylamine groups is 1. The first-order valence-electron chi connectivity index (χ1n) is 9.44. The summed E-state index contributed by atoms with van der Waals surface area (Å²) >= 11 is 0. The second-order valence-electron chi connectivity index (χ2n) is 8.01. The Bertz CT molecular complexity index is 905. The van der Waals surface area contributed by atoms with Gasteiger partial charge >= 0.3 is 6.09 Å². The number of rotatable bonds is 4. The minimum atomic E-state index is -0.916. The molecule has 0 saturated carbocycles. The summed E-state index contributed by atoms with van der Waals surface area (Å²) in [5, 5.41) is 13.5. The lowest BCUT2D eigenvalue weighted by Gasteiger charge is -2.31. The Hall–Kier alpha value is -3.06. The van der Waals surface area contributed by atoms with Crippen LogP contribution in [0.1, 0.15) is 37.5 Å². The highest BCUT2D eigenvalue weighted by Crippen LogP contribution is 2.34. The molecule has 7 heteroatoms. The standard InChI is InChI=1S/C22H26N2O5/c1-22(2,3)29-21(26)23-17-12-15-11-16(10-14-8-6-5-7-9-14)19(28-4)13-18(15)24(27)20(17)25/h5-9,11,13,17,27H,10,12H2,1-4H3,(H,23,26)/t17-/m0/s1. The number of fused-ring (bicyclic) bond motifs is 1. The van der Waals surface area contributed by atoms with Crippen LogP contribution >= 0.6 is 0 Å². The zero-order valence-corrected chi connectivity index (χ0v) is 17.1. The van der Waals surface area contributed by atoms with E-state index in [1.807, 2.05) is 36.4 Å². The highest BCUT2D eigenvalue weighted by Gasteiger charge is 2.35. The predicted octanol–water partition coefficient (Wildman–Crippen LogP) is 3.46. The van der Waals surface area contributed by atoms with E-state index in [-0.39, 0.29) is 6.42 Å². The number of hydrogen-bond acceptors (Lipinski definition) is 5. The molecule has 0 bridgehead atoms. The highest BCUT2D eigenvalue weighted by atomic mass is 16.6. The fraction of sp³-hybridized carbons (Fsp3) is 0.364. The molecule has 2 amide bonds. The van der Waals surface area contributed by atoms with E-state index in [9.17, 15) is 14.8 Å². The van der Waals surface area contributed by atoms with Crippen LogP contribution in [-0.2, 0) is 22.4 Å². The maximum absolute atomic E-state index is 12.5. The first-order valence-corrected chi connectivity index (χ1v) is 9.44. The molecule has 2 N–H and O–H groups in total. The molecule has 1 atom stereocenters. The molecule has 0 spiro atoms. The van der Waals surface area contributed by atoms with Gasteiger partial charge in [-0.05, 0) is 43.5 Å². The third-order valence-electron chi connectivity index (χ3n) is 4.57. The van der Waals surface area contributed by atoms with Gasteiger partial charge in [-0.3, -0.25) is 10.0 Å². The van der Waals surface area contributed by atoms with Gasteiger partial charge in [-0.25, -0.2) is 4.79 Å². The van der Waals surface area contributed by atoms with Crippen LogP contribution < -0.4 is 15.1 Å². The van der Waals surface area contributed by atoms with Crippen molar-refractivity contribution in [1.29, 1.82) is 0 Å².